The van der Waals surface area contributed by atoms with Gasteiger partial charge in [0, 0.05) is 19.1 Å². The maximum atomic E-state index is 12.0. The van der Waals surface area contributed by atoms with Gasteiger partial charge in [-0.2, -0.15) is 0 Å². The Labute approximate surface area is 105 Å². The Morgan fingerprint density at radius 1 is 1.41 bits per heavy atom. The minimum atomic E-state index is -0.178. The van der Waals surface area contributed by atoms with Crippen LogP contribution < -0.4 is 5.32 Å². The summed E-state index contributed by atoms with van der Waals surface area (Å²) in [5.74, 6) is 0.469. The summed E-state index contributed by atoms with van der Waals surface area (Å²) < 4.78 is 5.28. The fraction of sp³-hybridized carbons (Fsp3) is 0.923. The molecule has 1 aliphatic rings. The van der Waals surface area contributed by atoms with Crippen molar-refractivity contribution in [3.8, 4) is 0 Å². The first-order valence-corrected chi connectivity index (χ1v) is 6.68. The molecule has 1 rings (SSSR count). The van der Waals surface area contributed by atoms with Gasteiger partial charge in [0.05, 0.1) is 6.10 Å². The van der Waals surface area contributed by atoms with E-state index in [0.717, 1.165) is 26.1 Å². The van der Waals surface area contributed by atoms with Gasteiger partial charge in [0.25, 0.3) is 0 Å². The first-order chi connectivity index (χ1) is 7.99. The highest BCUT2D eigenvalue weighted by atomic mass is 16.6. The average molecular weight is 242 g/mol. The van der Waals surface area contributed by atoms with E-state index in [4.69, 9.17) is 4.74 Å². The van der Waals surface area contributed by atoms with Crippen LogP contribution in [-0.2, 0) is 4.74 Å². The summed E-state index contributed by atoms with van der Waals surface area (Å²) in [7, 11) is 0. The number of carbonyl (C=O) groups is 1. The van der Waals surface area contributed by atoms with E-state index in [9.17, 15) is 4.79 Å². The molecule has 0 bridgehead atoms. The molecule has 0 radical (unpaired) electrons. The maximum Gasteiger partial charge on any atom is 0.410 e. The zero-order valence-corrected chi connectivity index (χ0v) is 11.5. The summed E-state index contributed by atoms with van der Waals surface area (Å²) >= 11 is 0. The summed E-state index contributed by atoms with van der Waals surface area (Å²) in [6, 6.07) is 0.438. The molecule has 0 spiro atoms. The predicted octanol–water partition coefficient (Wildman–Crippen LogP) is 2.24. The molecule has 1 atom stereocenters. The molecular formula is C13H26N2O2. The number of hydrogen-bond acceptors (Lipinski definition) is 3. The zero-order valence-electron chi connectivity index (χ0n) is 11.5. The molecule has 1 unspecified atom stereocenters. The molecule has 100 valence electrons. The van der Waals surface area contributed by atoms with E-state index in [1.165, 1.54) is 6.42 Å². The lowest BCUT2D eigenvalue weighted by atomic mass is 10.1. The first-order valence-electron chi connectivity index (χ1n) is 6.68. The van der Waals surface area contributed by atoms with Gasteiger partial charge >= 0.3 is 6.09 Å². The molecule has 1 heterocycles. The van der Waals surface area contributed by atoms with Gasteiger partial charge in [-0.1, -0.05) is 13.8 Å². The fourth-order valence-electron chi connectivity index (χ4n) is 2.12. The molecule has 0 aromatic rings. The first kappa shape index (κ1) is 14.3. The molecule has 17 heavy (non-hydrogen) atoms. The van der Waals surface area contributed by atoms with Gasteiger partial charge in [0.15, 0.2) is 0 Å². The largest absolute Gasteiger partial charge is 0.447 e. The second-order valence-electron chi connectivity index (χ2n) is 5.52. The van der Waals surface area contributed by atoms with Crippen molar-refractivity contribution in [1.29, 1.82) is 0 Å². The molecule has 1 N–H and O–H groups in total. The molecule has 0 aliphatic carbocycles. The SMILES string of the molecule is CC(C)CN(CC1CCCN1)C(=O)OC(C)C. The van der Waals surface area contributed by atoms with Crippen molar-refractivity contribution in [1.82, 2.24) is 10.2 Å². The van der Waals surface area contributed by atoms with Crippen molar-refractivity contribution in [2.24, 2.45) is 5.92 Å². The van der Waals surface area contributed by atoms with Crippen molar-refractivity contribution in [3.63, 3.8) is 0 Å². The van der Waals surface area contributed by atoms with Crippen molar-refractivity contribution in [2.45, 2.75) is 52.7 Å². The van der Waals surface area contributed by atoms with Crippen LogP contribution in [0.2, 0.25) is 0 Å². The van der Waals surface area contributed by atoms with Gasteiger partial charge in [0.2, 0.25) is 0 Å². The zero-order chi connectivity index (χ0) is 12.8. The number of nitrogens with zero attached hydrogens (tertiary/aromatic N) is 1. The highest BCUT2D eigenvalue weighted by Gasteiger charge is 2.23. The lowest BCUT2D eigenvalue weighted by Gasteiger charge is -2.27. The van der Waals surface area contributed by atoms with E-state index in [0.29, 0.717) is 12.0 Å². The monoisotopic (exact) mass is 242 g/mol. The molecule has 1 saturated heterocycles. The van der Waals surface area contributed by atoms with Crippen molar-refractivity contribution in [3.05, 3.63) is 0 Å². The summed E-state index contributed by atoms with van der Waals surface area (Å²) in [5.41, 5.74) is 0. The van der Waals surface area contributed by atoms with Crippen molar-refractivity contribution >= 4 is 6.09 Å². The van der Waals surface area contributed by atoms with Gasteiger partial charge in [-0.25, -0.2) is 4.79 Å². The molecule has 4 heteroatoms. The van der Waals surface area contributed by atoms with E-state index in [2.05, 4.69) is 19.2 Å². The third-order valence-corrected chi connectivity index (χ3v) is 2.78. The Balaban J connectivity index is 2.49. The van der Waals surface area contributed by atoms with Gasteiger partial charge in [-0.15, -0.1) is 0 Å². The molecule has 1 amide bonds. The van der Waals surface area contributed by atoms with Crippen LogP contribution in [0.3, 0.4) is 0 Å². The number of nitrogens with one attached hydrogen (secondary N) is 1. The topological polar surface area (TPSA) is 41.6 Å². The van der Waals surface area contributed by atoms with E-state index in [1.807, 2.05) is 18.7 Å². The normalized spacial score (nSPS) is 20.0. The van der Waals surface area contributed by atoms with E-state index >= 15 is 0 Å². The Morgan fingerprint density at radius 3 is 2.59 bits per heavy atom. The van der Waals surface area contributed by atoms with E-state index < -0.39 is 0 Å². The van der Waals surface area contributed by atoms with Gasteiger partial charge in [-0.3, -0.25) is 0 Å². The van der Waals surface area contributed by atoms with Crippen LogP contribution in [0.4, 0.5) is 4.79 Å². The van der Waals surface area contributed by atoms with Crippen LogP contribution in [0.5, 0.6) is 0 Å². The Hall–Kier alpha value is -0.770. The third-order valence-electron chi connectivity index (χ3n) is 2.78. The van der Waals surface area contributed by atoms with Gasteiger partial charge in [0.1, 0.15) is 0 Å². The van der Waals surface area contributed by atoms with Crippen LogP contribution in [0.1, 0.15) is 40.5 Å². The Morgan fingerprint density at radius 2 is 2.12 bits per heavy atom. The Bertz CT molecular complexity index is 236. The minimum absolute atomic E-state index is 0.0475. The second-order valence-corrected chi connectivity index (χ2v) is 5.52. The summed E-state index contributed by atoms with van der Waals surface area (Å²) in [6.45, 7) is 10.6. The Kier molecular flexibility index (Phi) is 5.75. The maximum absolute atomic E-state index is 12.0. The van der Waals surface area contributed by atoms with E-state index in [1.54, 1.807) is 0 Å². The lowest BCUT2D eigenvalue weighted by molar-refractivity contribution is 0.0706. The highest BCUT2D eigenvalue weighted by molar-refractivity contribution is 5.67. The second kappa shape index (κ2) is 6.84. The van der Waals surface area contributed by atoms with Crippen LogP contribution in [0.15, 0.2) is 0 Å². The van der Waals surface area contributed by atoms with Crippen LogP contribution >= 0.6 is 0 Å². The standard InChI is InChI=1S/C13H26N2O2/c1-10(2)8-15(13(16)17-11(3)4)9-12-6-5-7-14-12/h10-12,14H,5-9H2,1-4H3. The molecule has 1 fully saturated rings. The van der Waals surface area contributed by atoms with E-state index in [-0.39, 0.29) is 12.2 Å². The van der Waals surface area contributed by atoms with Crippen LogP contribution in [0, 0.1) is 5.92 Å². The fourth-order valence-corrected chi connectivity index (χ4v) is 2.12. The number of hydrogen-bond donors (Lipinski definition) is 1. The van der Waals surface area contributed by atoms with Crippen LogP contribution in [0.25, 0.3) is 0 Å². The van der Waals surface area contributed by atoms with Crippen molar-refractivity contribution in [2.75, 3.05) is 19.6 Å². The quantitative estimate of drug-likeness (QED) is 0.804. The molecule has 4 nitrogen and oxygen atoms in total. The molecule has 0 saturated carbocycles. The molecule has 0 aromatic heterocycles. The third kappa shape index (κ3) is 5.39. The summed E-state index contributed by atoms with van der Waals surface area (Å²) in [4.78, 5) is 13.8. The van der Waals surface area contributed by atoms with Crippen LogP contribution in [-0.4, -0.2) is 42.8 Å². The lowest BCUT2D eigenvalue weighted by Crippen LogP contribution is -2.43. The number of rotatable bonds is 5. The number of amides is 1. The highest BCUT2D eigenvalue weighted by Crippen LogP contribution is 2.10. The smallest absolute Gasteiger partial charge is 0.410 e. The average Bonchev–Trinajstić information content (AvgIpc) is 2.67. The summed E-state index contributed by atoms with van der Waals surface area (Å²) in [5, 5.41) is 3.42. The summed E-state index contributed by atoms with van der Waals surface area (Å²) in [6.07, 6.45) is 2.14. The molecule has 1 aliphatic heterocycles. The van der Waals surface area contributed by atoms with Gasteiger partial charge < -0.3 is 15.0 Å². The predicted molar refractivity (Wildman–Crippen MR) is 69.1 cm³/mol. The molecular weight excluding hydrogens is 216 g/mol. The number of ether oxygens (including phenoxy) is 1. The number of carbonyl (C=O) groups excluding carboxylic acids is 1. The minimum Gasteiger partial charge on any atom is -0.447 e. The van der Waals surface area contributed by atoms with Crippen molar-refractivity contribution < 1.29 is 9.53 Å². The van der Waals surface area contributed by atoms with Gasteiger partial charge in [-0.05, 0) is 39.2 Å². The molecule has 0 aromatic carbocycles.